The van der Waals surface area contributed by atoms with Crippen molar-refractivity contribution < 1.29 is 0 Å². The Morgan fingerprint density at radius 3 is 2.88 bits per heavy atom. The third-order valence-corrected chi connectivity index (χ3v) is 3.84. The summed E-state index contributed by atoms with van der Waals surface area (Å²) in [5.41, 5.74) is 7.01. The normalized spacial score (nSPS) is 17.6. The molecule has 1 heterocycles. The predicted molar refractivity (Wildman–Crippen MR) is 67.3 cm³/mol. The number of hydrogen-bond donors (Lipinski definition) is 2. The van der Waals surface area contributed by atoms with Crippen molar-refractivity contribution in [1.82, 2.24) is 20.3 Å². The van der Waals surface area contributed by atoms with E-state index < -0.39 is 0 Å². The van der Waals surface area contributed by atoms with Gasteiger partial charge in [-0.1, -0.05) is 19.1 Å². The first-order valence-electron chi connectivity index (χ1n) is 6.46. The average Bonchev–Trinajstić information content (AvgIpc) is 2.95. The van der Waals surface area contributed by atoms with Gasteiger partial charge in [-0.25, -0.2) is 0 Å². The molecule has 0 amide bonds. The molecule has 0 aliphatic heterocycles. The van der Waals surface area contributed by atoms with Crippen molar-refractivity contribution in [2.75, 3.05) is 13.1 Å². The number of aromatic nitrogens is 3. The summed E-state index contributed by atoms with van der Waals surface area (Å²) in [6.45, 7) is 7.86. The quantitative estimate of drug-likeness (QED) is 0.734. The molecule has 1 saturated carbocycles. The van der Waals surface area contributed by atoms with E-state index in [0.29, 0.717) is 12.0 Å². The lowest BCUT2D eigenvalue weighted by atomic mass is 9.92. The van der Waals surface area contributed by atoms with Gasteiger partial charge in [-0.05, 0) is 24.2 Å². The first-order valence-corrected chi connectivity index (χ1v) is 6.46. The lowest BCUT2D eigenvalue weighted by Gasteiger charge is -2.19. The number of nitrogens with one attached hydrogen (secondary N) is 1. The molecule has 0 spiro atoms. The number of nitrogens with zero attached hydrogens (tertiary/aromatic N) is 3. The second-order valence-electron chi connectivity index (χ2n) is 5.38. The van der Waals surface area contributed by atoms with E-state index in [1.807, 2.05) is 6.20 Å². The van der Waals surface area contributed by atoms with Gasteiger partial charge in [0.1, 0.15) is 0 Å². The molecule has 3 N–H and O–H groups in total. The van der Waals surface area contributed by atoms with Crippen molar-refractivity contribution in [3.8, 4) is 0 Å². The lowest BCUT2D eigenvalue weighted by molar-refractivity contribution is 0.337. The zero-order chi connectivity index (χ0) is 12.3. The van der Waals surface area contributed by atoms with E-state index >= 15 is 0 Å². The molecule has 2 rings (SSSR count). The molecule has 0 radical (unpaired) electrons. The van der Waals surface area contributed by atoms with Crippen molar-refractivity contribution in [1.29, 1.82) is 0 Å². The molecule has 96 valence electrons. The molecule has 1 aliphatic rings. The van der Waals surface area contributed by atoms with Gasteiger partial charge in [-0.15, -0.1) is 5.10 Å². The molecule has 0 aromatic carbocycles. The van der Waals surface area contributed by atoms with E-state index in [2.05, 4.69) is 29.5 Å². The highest BCUT2D eigenvalue weighted by atomic mass is 15.4. The second-order valence-corrected chi connectivity index (χ2v) is 5.38. The van der Waals surface area contributed by atoms with Crippen LogP contribution in [0.4, 0.5) is 0 Å². The van der Waals surface area contributed by atoms with E-state index in [4.69, 9.17) is 5.73 Å². The summed E-state index contributed by atoms with van der Waals surface area (Å²) in [5.74, 6) is 0.767. The number of rotatable bonds is 7. The van der Waals surface area contributed by atoms with Gasteiger partial charge in [-0.2, -0.15) is 0 Å². The third-order valence-electron chi connectivity index (χ3n) is 3.84. The van der Waals surface area contributed by atoms with Gasteiger partial charge in [0.05, 0.1) is 12.2 Å². The number of hydrogen-bond acceptors (Lipinski definition) is 4. The van der Waals surface area contributed by atoms with Gasteiger partial charge < -0.3 is 11.1 Å². The van der Waals surface area contributed by atoms with Gasteiger partial charge in [0.25, 0.3) is 0 Å². The second kappa shape index (κ2) is 5.14. The summed E-state index contributed by atoms with van der Waals surface area (Å²) in [6, 6.07) is 0. The largest absolute Gasteiger partial charge is 0.329 e. The van der Waals surface area contributed by atoms with E-state index in [1.165, 1.54) is 12.8 Å². The maximum absolute atomic E-state index is 5.46. The number of nitrogens with two attached hydrogens (primary N) is 1. The molecule has 5 nitrogen and oxygen atoms in total. The fourth-order valence-electron chi connectivity index (χ4n) is 2.22. The third kappa shape index (κ3) is 3.04. The molecule has 0 bridgehead atoms. The van der Waals surface area contributed by atoms with Gasteiger partial charge >= 0.3 is 0 Å². The standard InChI is InChI=1S/C12H23N5/c1-10(2)12(3-4-12)9-14-7-11-8-17(6-5-13)16-15-11/h8,10,14H,3-7,9,13H2,1-2H3. The molecule has 1 aromatic heterocycles. The topological polar surface area (TPSA) is 68.8 Å². The highest BCUT2D eigenvalue weighted by molar-refractivity contribution is 4.98. The van der Waals surface area contributed by atoms with Gasteiger partial charge in [0, 0.05) is 25.8 Å². The molecule has 1 fully saturated rings. The van der Waals surface area contributed by atoms with E-state index in [-0.39, 0.29) is 0 Å². The zero-order valence-electron chi connectivity index (χ0n) is 10.8. The van der Waals surface area contributed by atoms with Crippen LogP contribution in [-0.2, 0) is 13.1 Å². The summed E-state index contributed by atoms with van der Waals surface area (Å²) in [6.07, 6.45) is 4.68. The summed E-state index contributed by atoms with van der Waals surface area (Å²) in [4.78, 5) is 0. The van der Waals surface area contributed by atoms with E-state index in [9.17, 15) is 0 Å². The van der Waals surface area contributed by atoms with E-state index in [1.54, 1.807) is 4.68 Å². The van der Waals surface area contributed by atoms with Crippen LogP contribution in [0.5, 0.6) is 0 Å². The Morgan fingerprint density at radius 2 is 2.29 bits per heavy atom. The fraction of sp³-hybridized carbons (Fsp3) is 0.833. The summed E-state index contributed by atoms with van der Waals surface area (Å²) in [7, 11) is 0. The van der Waals surface area contributed by atoms with Crippen LogP contribution in [0.25, 0.3) is 0 Å². The predicted octanol–water partition coefficient (Wildman–Crippen LogP) is 0.763. The molecule has 0 saturated heterocycles. The Morgan fingerprint density at radius 1 is 1.53 bits per heavy atom. The Hall–Kier alpha value is -0.940. The zero-order valence-corrected chi connectivity index (χ0v) is 10.8. The van der Waals surface area contributed by atoms with Crippen LogP contribution >= 0.6 is 0 Å². The first kappa shape index (κ1) is 12.5. The Balaban J connectivity index is 1.74. The van der Waals surface area contributed by atoms with Crippen molar-refractivity contribution >= 4 is 0 Å². The summed E-state index contributed by atoms with van der Waals surface area (Å²) < 4.78 is 1.80. The van der Waals surface area contributed by atoms with Crippen molar-refractivity contribution in [3.05, 3.63) is 11.9 Å². The SMILES string of the molecule is CC(C)C1(CNCc2cn(CCN)nn2)CC1. The maximum Gasteiger partial charge on any atom is 0.0964 e. The van der Waals surface area contributed by atoms with Crippen LogP contribution < -0.4 is 11.1 Å². The van der Waals surface area contributed by atoms with Crippen molar-refractivity contribution in [2.24, 2.45) is 17.1 Å². The Bertz CT molecular complexity index is 354. The monoisotopic (exact) mass is 237 g/mol. The summed E-state index contributed by atoms with van der Waals surface area (Å²) >= 11 is 0. The molecular formula is C12H23N5. The maximum atomic E-state index is 5.46. The average molecular weight is 237 g/mol. The molecule has 1 aliphatic carbocycles. The van der Waals surface area contributed by atoms with Crippen molar-refractivity contribution in [2.45, 2.75) is 39.8 Å². The van der Waals surface area contributed by atoms with Crippen LogP contribution in [0.15, 0.2) is 6.20 Å². The van der Waals surface area contributed by atoms with Crippen LogP contribution in [0, 0.1) is 11.3 Å². The molecule has 0 unspecified atom stereocenters. The lowest BCUT2D eigenvalue weighted by Crippen LogP contribution is -2.27. The van der Waals surface area contributed by atoms with Crippen molar-refractivity contribution in [3.63, 3.8) is 0 Å². The minimum absolute atomic E-state index is 0.549. The Kier molecular flexibility index (Phi) is 3.79. The van der Waals surface area contributed by atoms with Crippen LogP contribution in [0.3, 0.4) is 0 Å². The van der Waals surface area contributed by atoms with E-state index in [0.717, 1.165) is 31.2 Å². The fourth-order valence-corrected chi connectivity index (χ4v) is 2.22. The summed E-state index contributed by atoms with van der Waals surface area (Å²) in [5, 5.41) is 11.6. The van der Waals surface area contributed by atoms with Gasteiger partial charge in [0.15, 0.2) is 0 Å². The molecule has 5 heteroatoms. The smallest absolute Gasteiger partial charge is 0.0964 e. The highest BCUT2D eigenvalue weighted by Gasteiger charge is 2.44. The van der Waals surface area contributed by atoms with Crippen LogP contribution in [0.1, 0.15) is 32.4 Å². The molecular weight excluding hydrogens is 214 g/mol. The van der Waals surface area contributed by atoms with Gasteiger partial charge in [0.2, 0.25) is 0 Å². The highest BCUT2D eigenvalue weighted by Crippen LogP contribution is 2.51. The minimum Gasteiger partial charge on any atom is -0.329 e. The van der Waals surface area contributed by atoms with Gasteiger partial charge in [-0.3, -0.25) is 4.68 Å². The van der Waals surface area contributed by atoms with Crippen LogP contribution in [-0.4, -0.2) is 28.1 Å². The molecule has 17 heavy (non-hydrogen) atoms. The minimum atomic E-state index is 0.549. The molecule has 1 aromatic rings. The Labute approximate surface area is 103 Å². The molecule has 0 atom stereocenters. The van der Waals surface area contributed by atoms with Crippen LogP contribution in [0.2, 0.25) is 0 Å². The first-order chi connectivity index (χ1) is 8.16.